The van der Waals surface area contributed by atoms with Gasteiger partial charge in [-0.2, -0.15) is 0 Å². The number of ether oxygens (including phenoxy) is 4. The zero-order chi connectivity index (χ0) is 59.2. The summed E-state index contributed by atoms with van der Waals surface area (Å²) in [4.78, 5) is 85.2. The van der Waals surface area contributed by atoms with Crippen LogP contribution < -0.4 is 25.7 Å². The molecule has 3 aromatic carbocycles. The Balaban J connectivity index is 1.12. The van der Waals surface area contributed by atoms with Crippen LogP contribution in [-0.2, 0) is 33.4 Å². The highest BCUT2D eigenvalue weighted by Crippen LogP contribution is 2.51. The summed E-state index contributed by atoms with van der Waals surface area (Å²) >= 11 is 6.22. The molecule has 3 amide bonds. The number of esters is 1. The number of piperidine rings is 2. The minimum absolute atomic E-state index is 0.00939. The average molecular weight is 1140 g/mol. The van der Waals surface area contributed by atoms with Crippen LogP contribution in [0.2, 0.25) is 5.02 Å². The summed E-state index contributed by atoms with van der Waals surface area (Å²) in [5.74, 6) is -8.43. The molecular formula is C61H79ClN6O13. The Hall–Kier alpha value is -6.38. The summed E-state index contributed by atoms with van der Waals surface area (Å²) in [6.07, 6.45) is 4.45. The number of amides is 3. The Morgan fingerprint density at radius 3 is 2.23 bits per heavy atom. The third-order valence-electron chi connectivity index (χ3n) is 17.1. The van der Waals surface area contributed by atoms with Gasteiger partial charge in [0.2, 0.25) is 11.8 Å². The fourth-order valence-electron chi connectivity index (χ4n) is 12.4. The van der Waals surface area contributed by atoms with Crippen LogP contribution in [0.25, 0.3) is 10.8 Å². The third-order valence-corrected chi connectivity index (χ3v) is 17.4. The van der Waals surface area contributed by atoms with Crippen LogP contribution in [0.3, 0.4) is 0 Å². The van der Waals surface area contributed by atoms with E-state index in [0.29, 0.717) is 55.4 Å². The number of phenolic OH excluding ortho intramolecular Hbond substituents is 2. The highest BCUT2D eigenvalue weighted by atomic mass is 35.5. The number of Topliss-reactive ketones (excluding diaryl/α,β-unsaturated/α-hetero) is 1. The summed E-state index contributed by atoms with van der Waals surface area (Å²) in [5.41, 5.74) is 1.26. The lowest BCUT2D eigenvalue weighted by molar-refractivity contribution is -0.165. The van der Waals surface area contributed by atoms with Crippen LogP contribution in [-0.4, -0.2) is 141 Å². The Morgan fingerprint density at radius 1 is 0.926 bits per heavy atom. The average Bonchev–Trinajstić information content (AvgIpc) is 2.50. The Bertz CT molecular complexity index is 3200. The third kappa shape index (κ3) is 12.1. The number of likely N-dealkylation sites (tertiary alicyclic amines) is 2. The van der Waals surface area contributed by atoms with Crippen molar-refractivity contribution in [1.29, 1.82) is 0 Å². The predicted molar refractivity (Wildman–Crippen MR) is 306 cm³/mol. The van der Waals surface area contributed by atoms with Crippen LogP contribution in [0, 0.1) is 43.4 Å². The molecule has 2 saturated heterocycles. The second-order valence-electron chi connectivity index (χ2n) is 23.5. The van der Waals surface area contributed by atoms with Gasteiger partial charge < -0.3 is 59.4 Å². The minimum Gasteiger partial charge on any atom is -0.507 e. The van der Waals surface area contributed by atoms with Crippen molar-refractivity contribution in [3.63, 3.8) is 0 Å². The predicted octanol–water partition coefficient (Wildman–Crippen LogP) is 7.13. The van der Waals surface area contributed by atoms with Crippen LogP contribution in [0.5, 0.6) is 17.2 Å². The number of rotatable bonds is 8. The normalized spacial score (nSPS) is 28.8. The minimum atomic E-state index is -2.04. The number of nitrogens with one attached hydrogen (secondary N) is 1. The molecule has 2 fully saturated rings. The molecule has 19 nitrogen and oxygen atoms in total. The zero-order valence-corrected chi connectivity index (χ0v) is 49.3. The van der Waals surface area contributed by atoms with Gasteiger partial charge >= 0.3 is 11.8 Å². The van der Waals surface area contributed by atoms with Crippen molar-refractivity contribution in [2.45, 2.75) is 150 Å². The molecule has 0 radical (unpaired) electrons. The van der Waals surface area contributed by atoms with Gasteiger partial charge in [0.25, 0.3) is 11.7 Å². The number of aromatic hydroxyl groups is 2. The smallest absolute Gasteiger partial charge is 0.315 e. The van der Waals surface area contributed by atoms with Crippen molar-refractivity contribution in [3.05, 3.63) is 86.8 Å². The second-order valence-corrected chi connectivity index (χ2v) is 23.9. The van der Waals surface area contributed by atoms with E-state index in [0.717, 1.165) is 17.8 Å². The first-order valence-corrected chi connectivity index (χ1v) is 28.5. The molecule has 3 aromatic rings. The van der Waals surface area contributed by atoms with Gasteiger partial charge in [-0.25, -0.2) is 4.99 Å². The Labute approximate surface area is 478 Å². The van der Waals surface area contributed by atoms with Crippen molar-refractivity contribution in [3.8, 4) is 17.2 Å². The lowest BCUT2D eigenvalue weighted by atomic mass is 9.78. The first-order valence-electron chi connectivity index (χ1n) is 28.1. The number of allylic oxidation sites excluding steroid dienone is 2. The van der Waals surface area contributed by atoms with Gasteiger partial charge in [-0.05, 0) is 69.4 Å². The van der Waals surface area contributed by atoms with E-state index in [9.17, 15) is 39.6 Å². The van der Waals surface area contributed by atoms with Gasteiger partial charge in [0.15, 0.2) is 5.75 Å². The summed E-state index contributed by atoms with van der Waals surface area (Å²) in [6, 6.07) is 5.14. The number of fused-ring (bicyclic) bond motifs is 13. The van der Waals surface area contributed by atoms with E-state index in [2.05, 4.69) is 29.1 Å². The second kappa shape index (κ2) is 24.2. The van der Waals surface area contributed by atoms with Gasteiger partial charge in [-0.15, -0.1) is 0 Å². The molecule has 1 spiro atoms. The van der Waals surface area contributed by atoms with E-state index in [1.807, 2.05) is 13.0 Å². The van der Waals surface area contributed by atoms with E-state index >= 15 is 4.79 Å². The number of aryl methyl sites for hydroxylation is 1. The van der Waals surface area contributed by atoms with Gasteiger partial charge in [-0.1, -0.05) is 71.4 Å². The molecular weight excluding hydrogens is 1060 g/mol. The Morgan fingerprint density at radius 2 is 1.60 bits per heavy atom. The van der Waals surface area contributed by atoms with Crippen molar-refractivity contribution in [2.24, 2.45) is 39.6 Å². The number of phenols is 2. The summed E-state index contributed by atoms with van der Waals surface area (Å²) in [5, 5.41) is 52.2. The highest BCUT2D eigenvalue weighted by Gasteiger charge is 2.51. The number of aliphatic hydroxyl groups excluding tert-OH is 2. The number of halogens is 1. The summed E-state index contributed by atoms with van der Waals surface area (Å²) < 4.78 is 24.8. The number of nitrogens with zero attached hydrogens (tertiary/aromatic N) is 5. The van der Waals surface area contributed by atoms with E-state index in [1.54, 1.807) is 68.7 Å². The molecule has 0 aromatic heterocycles. The van der Waals surface area contributed by atoms with Gasteiger partial charge in [0.05, 0.1) is 41.2 Å². The number of methoxy groups -OCH3 is 1. The van der Waals surface area contributed by atoms with Crippen molar-refractivity contribution >= 4 is 63.2 Å². The van der Waals surface area contributed by atoms with E-state index in [-0.39, 0.29) is 69.0 Å². The van der Waals surface area contributed by atoms with Crippen LogP contribution in [0.4, 0.5) is 11.4 Å². The van der Waals surface area contributed by atoms with E-state index < -0.39 is 101 Å². The number of ketones is 1. The van der Waals surface area contributed by atoms with Crippen molar-refractivity contribution in [2.75, 3.05) is 50.1 Å². The molecule has 6 aliphatic heterocycles. The molecule has 9 rings (SSSR count). The SMILES string of the molecule is CO[C@H]1/C=C/O[C@@]2(C)Oc3c(C)c(O)c4c(O)c(c5c(c4c3C2=O)NC2(CCN(CC(C)C)CC2)N=5)=NC(=O)/C(C)=C\C=C\[C@H](C)[C@H](O)[C@@H](C)[C@@H](O)[C@@H](C)[C@H](OC(=O)CC(=O)N2CCC(N(C(C)=O)c3ccc(Cl)cc3C)CC2)[C@@H]1C. The number of hydrogen-bond acceptors (Lipinski definition) is 16. The first kappa shape index (κ1) is 60.7. The maximum atomic E-state index is 15.0. The molecule has 0 aliphatic carbocycles. The number of carbonyl (C=O) groups is 5. The maximum absolute atomic E-state index is 15.0. The highest BCUT2D eigenvalue weighted by molar-refractivity contribution is 6.30. The number of anilines is 2. The lowest BCUT2D eigenvalue weighted by Crippen LogP contribution is -2.49. The first-order chi connectivity index (χ1) is 38.2. The molecule has 5 N–H and O–H groups in total. The van der Waals surface area contributed by atoms with Crippen LogP contribution in [0.15, 0.2) is 64.3 Å². The number of hydrogen-bond donors (Lipinski definition) is 5. The van der Waals surface area contributed by atoms with Gasteiger partial charge in [0, 0.05) is 123 Å². The number of carbonyl (C=O) groups excluding carboxylic acids is 5. The fourth-order valence-corrected chi connectivity index (χ4v) is 12.6. The monoisotopic (exact) mass is 1140 g/mol. The van der Waals surface area contributed by atoms with E-state index in [4.69, 9.17) is 35.5 Å². The molecule has 81 heavy (non-hydrogen) atoms. The van der Waals surface area contributed by atoms with Crippen molar-refractivity contribution < 1.29 is 63.3 Å². The summed E-state index contributed by atoms with van der Waals surface area (Å²) in [6.45, 7) is 21.9. The molecule has 5 bridgehead atoms. The van der Waals surface area contributed by atoms with Crippen LogP contribution in [0.1, 0.15) is 116 Å². The molecule has 0 unspecified atom stereocenters. The zero-order valence-electron chi connectivity index (χ0n) is 48.5. The molecule has 6 heterocycles. The quantitative estimate of drug-likeness (QED) is 0.0855. The molecule has 9 atom stereocenters. The molecule has 6 aliphatic rings. The maximum Gasteiger partial charge on any atom is 0.315 e. The fraction of sp³-hybridized carbons (Fsp3) is 0.557. The topological polar surface area (TPSA) is 250 Å². The largest absolute Gasteiger partial charge is 0.507 e. The molecule has 438 valence electrons. The molecule has 0 saturated carbocycles. The number of benzene rings is 3. The van der Waals surface area contributed by atoms with E-state index in [1.165, 1.54) is 46.3 Å². The molecule has 20 heteroatoms. The summed E-state index contributed by atoms with van der Waals surface area (Å²) in [7, 11) is 1.43. The van der Waals surface area contributed by atoms with Crippen LogP contribution >= 0.6 is 11.6 Å². The van der Waals surface area contributed by atoms with Gasteiger partial charge in [0.1, 0.15) is 40.4 Å². The van der Waals surface area contributed by atoms with Gasteiger partial charge in [-0.3, -0.25) is 29.0 Å². The van der Waals surface area contributed by atoms with Crippen molar-refractivity contribution in [1.82, 2.24) is 9.80 Å². The Kier molecular flexibility index (Phi) is 18.1. The standard InChI is InChI=1S/C61H79ClN6O13/c1-31(2)30-66-25-21-61(22-26-66)64-49-46-47-54(74)38(9)57-48(46)58(76)60(11,81-57)79-27-20-43(78-12)35(6)56(37(8)53(73)36(7)52(72)32(3)14-13-15-33(4)59(77)63-51(55(47)75)50(49)65-61)80-45(71)29-44(70)67-23-18-41(19-24-67)68(39(10)69)42-17-16-40(62)28-34(42)5/h13-17,20,27-28,31-32,35-37,41,43,52-53,56,64,72-75H,18-19,21-26,29-30H2,1-12H3/b14-13+,27-20+,33-15-,63-51?/t32-,35+,36+,37+,43-,52-,53+,56+,60-/m0/s1. The lowest BCUT2D eigenvalue weighted by Gasteiger charge is -2.39. The number of aliphatic hydroxyl groups is 2.